The standard InChI is InChI=1S/C16H14F4N2O/c17-11-4-13(19)16(14(20)5-11)23-15(9-1-2-21-6-9)10-3-12(18)8-22-7-10/h3-5,7-9,15,21H,1-2,6H2/t9-,15+/m0/s1. The number of aromatic nitrogens is 1. The minimum atomic E-state index is -1.14. The number of halogens is 4. The average molecular weight is 326 g/mol. The third kappa shape index (κ3) is 3.44. The van der Waals surface area contributed by atoms with Gasteiger partial charge in [0.1, 0.15) is 17.7 Å². The van der Waals surface area contributed by atoms with Crippen LogP contribution in [0.1, 0.15) is 18.1 Å². The highest BCUT2D eigenvalue weighted by molar-refractivity contribution is 5.29. The highest BCUT2D eigenvalue weighted by Crippen LogP contribution is 2.34. The van der Waals surface area contributed by atoms with Crippen molar-refractivity contribution in [2.24, 2.45) is 5.92 Å². The molecule has 1 aliphatic heterocycles. The van der Waals surface area contributed by atoms with Gasteiger partial charge >= 0.3 is 0 Å². The summed E-state index contributed by atoms with van der Waals surface area (Å²) >= 11 is 0. The molecule has 1 fully saturated rings. The second-order valence-electron chi connectivity index (χ2n) is 5.43. The van der Waals surface area contributed by atoms with Crippen molar-refractivity contribution < 1.29 is 22.3 Å². The molecule has 0 aliphatic carbocycles. The lowest BCUT2D eigenvalue weighted by molar-refractivity contribution is 0.130. The Morgan fingerprint density at radius 3 is 2.39 bits per heavy atom. The van der Waals surface area contributed by atoms with E-state index < -0.39 is 35.1 Å². The quantitative estimate of drug-likeness (QED) is 0.875. The summed E-state index contributed by atoms with van der Waals surface area (Å²) in [6.45, 7) is 1.28. The summed E-state index contributed by atoms with van der Waals surface area (Å²) in [5.74, 6) is -4.65. The molecule has 1 N–H and O–H groups in total. The van der Waals surface area contributed by atoms with E-state index in [0.717, 1.165) is 12.7 Å². The summed E-state index contributed by atoms with van der Waals surface area (Å²) in [5.41, 5.74) is 0.377. The van der Waals surface area contributed by atoms with E-state index in [1.165, 1.54) is 12.3 Å². The van der Waals surface area contributed by atoms with Gasteiger partial charge in [-0.15, -0.1) is 0 Å². The lowest BCUT2D eigenvalue weighted by Gasteiger charge is -2.25. The van der Waals surface area contributed by atoms with Crippen molar-refractivity contribution in [3.8, 4) is 5.75 Å². The number of hydrogen-bond donors (Lipinski definition) is 1. The molecule has 1 aromatic carbocycles. The van der Waals surface area contributed by atoms with Crippen LogP contribution in [0, 0.1) is 29.2 Å². The Bertz CT molecular complexity index is 681. The average Bonchev–Trinajstić information content (AvgIpc) is 3.00. The highest BCUT2D eigenvalue weighted by atomic mass is 19.1. The molecule has 7 heteroatoms. The van der Waals surface area contributed by atoms with E-state index in [-0.39, 0.29) is 5.92 Å². The minimum absolute atomic E-state index is 0.109. The monoisotopic (exact) mass is 326 g/mol. The fraction of sp³-hybridized carbons (Fsp3) is 0.312. The van der Waals surface area contributed by atoms with E-state index in [1.54, 1.807) is 0 Å². The van der Waals surface area contributed by atoms with Crippen molar-refractivity contribution in [2.45, 2.75) is 12.5 Å². The number of nitrogens with one attached hydrogen (secondary N) is 1. The van der Waals surface area contributed by atoms with Gasteiger partial charge < -0.3 is 10.1 Å². The lowest BCUT2D eigenvalue weighted by Crippen LogP contribution is -2.22. The van der Waals surface area contributed by atoms with Crippen LogP contribution in [0.15, 0.2) is 30.6 Å². The van der Waals surface area contributed by atoms with Gasteiger partial charge in [-0.2, -0.15) is 0 Å². The summed E-state index contributed by atoms with van der Waals surface area (Å²) in [6.07, 6.45) is 2.34. The van der Waals surface area contributed by atoms with Gasteiger partial charge in [-0.1, -0.05) is 0 Å². The molecule has 122 valence electrons. The molecule has 2 atom stereocenters. The van der Waals surface area contributed by atoms with Gasteiger partial charge in [-0.05, 0) is 19.0 Å². The van der Waals surface area contributed by atoms with Gasteiger partial charge in [0, 0.05) is 36.4 Å². The van der Waals surface area contributed by atoms with Gasteiger partial charge in [-0.3, -0.25) is 4.98 Å². The molecule has 0 bridgehead atoms. The van der Waals surface area contributed by atoms with Crippen LogP contribution in [0.2, 0.25) is 0 Å². The Kier molecular flexibility index (Phi) is 4.47. The predicted octanol–water partition coefficient (Wildman–Crippen LogP) is 3.37. The van der Waals surface area contributed by atoms with Crippen LogP contribution in [0.4, 0.5) is 17.6 Å². The van der Waals surface area contributed by atoms with Gasteiger partial charge in [0.2, 0.25) is 0 Å². The Morgan fingerprint density at radius 1 is 1.04 bits per heavy atom. The first kappa shape index (κ1) is 15.7. The maximum absolute atomic E-state index is 13.8. The summed E-state index contributed by atoms with van der Waals surface area (Å²) < 4.78 is 59.6. The zero-order valence-electron chi connectivity index (χ0n) is 12.0. The molecule has 0 spiro atoms. The molecule has 1 aliphatic rings. The molecule has 3 rings (SSSR count). The molecule has 1 saturated heterocycles. The first-order chi connectivity index (χ1) is 11.0. The molecule has 0 unspecified atom stereocenters. The Balaban J connectivity index is 1.96. The van der Waals surface area contributed by atoms with E-state index in [9.17, 15) is 17.6 Å². The number of ether oxygens (including phenoxy) is 1. The van der Waals surface area contributed by atoms with Crippen molar-refractivity contribution >= 4 is 0 Å². The smallest absolute Gasteiger partial charge is 0.191 e. The normalized spacial score (nSPS) is 18.9. The summed E-state index contributed by atoms with van der Waals surface area (Å²) in [7, 11) is 0. The molecule has 23 heavy (non-hydrogen) atoms. The van der Waals surface area contributed by atoms with E-state index >= 15 is 0 Å². The van der Waals surface area contributed by atoms with Crippen LogP contribution >= 0.6 is 0 Å². The number of nitrogens with zero attached hydrogens (tertiary/aromatic N) is 1. The van der Waals surface area contributed by atoms with Gasteiger partial charge in [0.15, 0.2) is 17.4 Å². The van der Waals surface area contributed by atoms with Gasteiger partial charge in [-0.25, -0.2) is 17.6 Å². The van der Waals surface area contributed by atoms with Crippen LogP contribution in [0.25, 0.3) is 0 Å². The SMILES string of the molecule is Fc1cncc([C@H](Oc2c(F)cc(F)cc2F)[C@H]2CCNC2)c1. The number of rotatable bonds is 4. The fourth-order valence-electron chi connectivity index (χ4n) is 2.72. The number of hydrogen-bond acceptors (Lipinski definition) is 3. The first-order valence-corrected chi connectivity index (χ1v) is 7.17. The molecule has 0 radical (unpaired) electrons. The van der Waals surface area contributed by atoms with Gasteiger partial charge in [0.25, 0.3) is 0 Å². The fourth-order valence-corrected chi connectivity index (χ4v) is 2.72. The largest absolute Gasteiger partial charge is 0.479 e. The maximum Gasteiger partial charge on any atom is 0.191 e. The summed E-state index contributed by atoms with van der Waals surface area (Å²) in [4.78, 5) is 3.75. The summed E-state index contributed by atoms with van der Waals surface area (Å²) in [6, 6.07) is 2.31. The zero-order valence-corrected chi connectivity index (χ0v) is 12.0. The minimum Gasteiger partial charge on any atom is -0.479 e. The molecular formula is C16H14F4N2O. The van der Waals surface area contributed by atoms with Crippen molar-refractivity contribution in [3.63, 3.8) is 0 Å². The molecular weight excluding hydrogens is 312 g/mol. The second kappa shape index (κ2) is 6.54. The molecule has 2 heterocycles. The van der Waals surface area contributed by atoms with E-state index in [4.69, 9.17) is 4.74 Å². The number of benzene rings is 1. The second-order valence-corrected chi connectivity index (χ2v) is 5.43. The first-order valence-electron chi connectivity index (χ1n) is 7.17. The van der Waals surface area contributed by atoms with Crippen molar-refractivity contribution in [2.75, 3.05) is 13.1 Å². The lowest BCUT2D eigenvalue weighted by atomic mass is 9.95. The Labute approximate surface area is 130 Å². The molecule has 1 aromatic heterocycles. The Morgan fingerprint density at radius 2 is 1.78 bits per heavy atom. The van der Waals surface area contributed by atoms with Crippen molar-refractivity contribution in [3.05, 3.63) is 59.4 Å². The zero-order chi connectivity index (χ0) is 16.4. The van der Waals surface area contributed by atoms with E-state index in [2.05, 4.69) is 10.3 Å². The third-order valence-corrected chi connectivity index (χ3v) is 3.79. The van der Waals surface area contributed by atoms with Crippen LogP contribution in [-0.2, 0) is 0 Å². The van der Waals surface area contributed by atoms with Crippen molar-refractivity contribution in [1.29, 1.82) is 0 Å². The van der Waals surface area contributed by atoms with Crippen LogP contribution < -0.4 is 10.1 Å². The number of pyridine rings is 1. The third-order valence-electron chi connectivity index (χ3n) is 3.79. The summed E-state index contributed by atoms with van der Waals surface area (Å²) in [5, 5.41) is 3.12. The van der Waals surface area contributed by atoms with Gasteiger partial charge in [0.05, 0.1) is 6.20 Å². The molecule has 3 nitrogen and oxygen atoms in total. The molecule has 2 aromatic rings. The van der Waals surface area contributed by atoms with Crippen LogP contribution in [0.5, 0.6) is 5.75 Å². The van der Waals surface area contributed by atoms with E-state index in [0.29, 0.717) is 30.7 Å². The van der Waals surface area contributed by atoms with Crippen molar-refractivity contribution in [1.82, 2.24) is 10.3 Å². The highest BCUT2D eigenvalue weighted by Gasteiger charge is 2.30. The molecule has 0 saturated carbocycles. The Hall–Kier alpha value is -2.15. The molecule has 0 amide bonds. The topological polar surface area (TPSA) is 34.1 Å². The van der Waals surface area contributed by atoms with Crippen LogP contribution in [-0.4, -0.2) is 18.1 Å². The van der Waals surface area contributed by atoms with Crippen LogP contribution in [0.3, 0.4) is 0 Å². The van der Waals surface area contributed by atoms with E-state index in [1.807, 2.05) is 0 Å². The maximum atomic E-state index is 13.8. The predicted molar refractivity (Wildman–Crippen MR) is 74.9 cm³/mol.